The molecular weight excluding hydrogens is 325 g/mol. The normalized spacial score (nSPS) is 22.7. The number of amides is 3. The van der Waals surface area contributed by atoms with Gasteiger partial charge < -0.3 is 5.32 Å². The van der Waals surface area contributed by atoms with Gasteiger partial charge in [0.05, 0.1) is 17.5 Å². The summed E-state index contributed by atoms with van der Waals surface area (Å²) in [5.74, 6) is -0.850. The van der Waals surface area contributed by atoms with Crippen LogP contribution >= 0.6 is 0 Å². The van der Waals surface area contributed by atoms with Crippen LogP contribution in [0.25, 0.3) is 0 Å². The molecule has 23 heavy (non-hydrogen) atoms. The van der Waals surface area contributed by atoms with E-state index in [1.54, 1.807) is 0 Å². The SMILES string of the molecule is Cc1cc(F)ccc1S(=O)(=O)N1CC[C@H](N2C(=O)CNC2=O)C1. The molecule has 2 saturated heterocycles. The Morgan fingerprint density at radius 2 is 2.04 bits per heavy atom. The minimum Gasteiger partial charge on any atom is -0.329 e. The van der Waals surface area contributed by atoms with Gasteiger partial charge in [-0.15, -0.1) is 0 Å². The second-order valence-electron chi connectivity index (χ2n) is 5.64. The summed E-state index contributed by atoms with van der Waals surface area (Å²) in [4.78, 5) is 24.5. The van der Waals surface area contributed by atoms with E-state index < -0.39 is 27.9 Å². The Morgan fingerprint density at radius 1 is 1.30 bits per heavy atom. The molecule has 0 spiro atoms. The van der Waals surface area contributed by atoms with Crippen LogP contribution in [0.4, 0.5) is 9.18 Å². The van der Waals surface area contributed by atoms with Crippen LogP contribution in [0.1, 0.15) is 12.0 Å². The van der Waals surface area contributed by atoms with E-state index in [4.69, 9.17) is 0 Å². The molecule has 0 aromatic heterocycles. The molecule has 1 aromatic carbocycles. The smallest absolute Gasteiger partial charge is 0.324 e. The molecular formula is C14H16FN3O4S. The van der Waals surface area contributed by atoms with Crippen molar-refractivity contribution in [2.75, 3.05) is 19.6 Å². The van der Waals surface area contributed by atoms with Crippen LogP contribution in [0.5, 0.6) is 0 Å². The Balaban J connectivity index is 1.83. The van der Waals surface area contributed by atoms with Gasteiger partial charge >= 0.3 is 6.03 Å². The molecule has 0 aliphatic carbocycles. The van der Waals surface area contributed by atoms with E-state index in [0.29, 0.717) is 12.0 Å². The Labute approximate surface area is 133 Å². The number of carbonyl (C=O) groups is 2. The minimum atomic E-state index is -3.79. The number of benzene rings is 1. The number of halogens is 1. The number of nitrogens with zero attached hydrogens (tertiary/aromatic N) is 2. The second-order valence-corrected chi connectivity index (χ2v) is 7.54. The Morgan fingerprint density at radius 3 is 2.65 bits per heavy atom. The molecule has 2 fully saturated rings. The lowest BCUT2D eigenvalue weighted by atomic mass is 10.2. The predicted octanol–water partition coefficient (Wildman–Crippen LogP) is 0.449. The molecule has 3 rings (SSSR count). The maximum Gasteiger partial charge on any atom is 0.324 e. The van der Waals surface area contributed by atoms with Gasteiger partial charge in [-0.3, -0.25) is 9.69 Å². The topological polar surface area (TPSA) is 86.8 Å². The molecule has 2 aliphatic heterocycles. The third kappa shape index (κ3) is 2.70. The fourth-order valence-corrected chi connectivity index (χ4v) is 4.68. The first kappa shape index (κ1) is 15.9. The van der Waals surface area contributed by atoms with Crippen molar-refractivity contribution < 1.29 is 22.4 Å². The van der Waals surface area contributed by atoms with Crippen molar-refractivity contribution in [3.63, 3.8) is 0 Å². The van der Waals surface area contributed by atoms with Gasteiger partial charge in [0.2, 0.25) is 15.9 Å². The van der Waals surface area contributed by atoms with E-state index in [2.05, 4.69) is 5.32 Å². The maximum absolute atomic E-state index is 13.2. The maximum atomic E-state index is 13.2. The zero-order valence-corrected chi connectivity index (χ0v) is 13.3. The third-order valence-electron chi connectivity index (χ3n) is 4.12. The molecule has 3 amide bonds. The van der Waals surface area contributed by atoms with Gasteiger partial charge in [0, 0.05) is 13.1 Å². The van der Waals surface area contributed by atoms with Gasteiger partial charge in [-0.1, -0.05) is 0 Å². The van der Waals surface area contributed by atoms with Gasteiger partial charge in [-0.2, -0.15) is 4.31 Å². The number of carbonyl (C=O) groups excluding carboxylic acids is 2. The van der Waals surface area contributed by atoms with Crippen molar-refractivity contribution in [1.82, 2.24) is 14.5 Å². The second kappa shape index (κ2) is 5.57. The average Bonchev–Trinajstić information content (AvgIpc) is 3.06. The Kier molecular flexibility index (Phi) is 3.85. The van der Waals surface area contributed by atoms with Crippen LogP contribution in [0, 0.1) is 12.7 Å². The zero-order valence-electron chi connectivity index (χ0n) is 12.5. The van der Waals surface area contributed by atoms with Crippen molar-refractivity contribution >= 4 is 22.0 Å². The molecule has 1 aromatic rings. The number of aryl methyl sites for hydroxylation is 1. The van der Waals surface area contributed by atoms with E-state index in [1.165, 1.54) is 17.3 Å². The minimum absolute atomic E-state index is 0.0387. The van der Waals surface area contributed by atoms with E-state index in [9.17, 15) is 22.4 Å². The fraction of sp³-hybridized carbons (Fsp3) is 0.429. The van der Waals surface area contributed by atoms with E-state index in [0.717, 1.165) is 17.0 Å². The van der Waals surface area contributed by atoms with Crippen molar-refractivity contribution in [3.8, 4) is 0 Å². The number of sulfonamides is 1. The van der Waals surface area contributed by atoms with Crippen molar-refractivity contribution in [3.05, 3.63) is 29.6 Å². The zero-order chi connectivity index (χ0) is 16.8. The van der Waals surface area contributed by atoms with Gasteiger partial charge in [-0.25, -0.2) is 17.6 Å². The van der Waals surface area contributed by atoms with Crippen LogP contribution in [0.2, 0.25) is 0 Å². The van der Waals surface area contributed by atoms with Crippen molar-refractivity contribution in [1.29, 1.82) is 0 Å². The van der Waals surface area contributed by atoms with E-state index in [1.807, 2.05) is 0 Å². The van der Waals surface area contributed by atoms with Crippen LogP contribution in [0.15, 0.2) is 23.1 Å². The molecule has 2 aliphatic rings. The summed E-state index contributed by atoms with van der Waals surface area (Å²) in [6, 6.07) is 2.54. The highest BCUT2D eigenvalue weighted by Gasteiger charge is 2.42. The fourth-order valence-electron chi connectivity index (χ4n) is 2.99. The van der Waals surface area contributed by atoms with Crippen LogP contribution in [0.3, 0.4) is 0 Å². The first-order valence-corrected chi connectivity index (χ1v) is 8.61. The molecule has 1 atom stereocenters. The Bertz CT molecular complexity index is 764. The number of hydrogen-bond acceptors (Lipinski definition) is 4. The lowest BCUT2D eigenvalue weighted by Crippen LogP contribution is -2.42. The van der Waals surface area contributed by atoms with Gasteiger partial charge in [0.25, 0.3) is 0 Å². The first-order chi connectivity index (χ1) is 10.8. The molecule has 7 nitrogen and oxygen atoms in total. The summed E-state index contributed by atoms with van der Waals surface area (Å²) >= 11 is 0. The average molecular weight is 341 g/mol. The largest absolute Gasteiger partial charge is 0.329 e. The number of nitrogens with one attached hydrogen (secondary N) is 1. The van der Waals surface area contributed by atoms with Crippen LogP contribution in [-0.2, 0) is 14.8 Å². The van der Waals surface area contributed by atoms with Gasteiger partial charge in [0.15, 0.2) is 0 Å². The lowest BCUT2D eigenvalue weighted by Gasteiger charge is -2.22. The quantitative estimate of drug-likeness (QED) is 0.809. The lowest BCUT2D eigenvalue weighted by molar-refractivity contribution is -0.126. The van der Waals surface area contributed by atoms with Crippen LogP contribution in [-0.4, -0.2) is 55.2 Å². The summed E-state index contributed by atoms with van der Waals surface area (Å²) in [6.07, 6.45) is 0.388. The molecule has 9 heteroatoms. The molecule has 0 saturated carbocycles. The highest BCUT2D eigenvalue weighted by atomic mass is 32.2. The highest BCUT2D eigenvalue weighted by Crippen LogP contribution is 2.26. The highest BCUT2D eigenvalue weighted by molar-refractivity contribution is 7.89. The molecule has 0 unspecified atom stereocenters. The predicted molar refractivity (Wildman–Crippen MR) is 78.5 cm³/mol. The van der Waals surface area contributed by atoms with Gasteiger partial charge in [-0.05, 0) is 37.1 Å². The van der Waals surface area contributed by atoms with E-state index >= 15 is 0 Å². The molecule has 1 N–H and O–H groups in total. The summed E-state index contributed by atoms with van der Waals surface area (Å²) in [5.41, 5.74) is 0.323. The Hall–Kier alpha value is -2.00. The van der Waals surface area contributed by atoms with E-state index in [-0.39, 0.29) is 30.4 Å². The number of hydrogen-bond donors (Lipinski definition) is 1. The molecule has 124 valence electrons. The van der Waals surface area contributed by atoms with Crippen molar-refractivity contribution in [2.45, 2.75) is 24.3 Å². The monoisotopic (exact) mass is 341 g/mol. The van der Waals surface area contributed by atoms with Crippen LogP contribution < -0.4 is 5.32 Å². The molecule has 0 radical (unpaired) electrons. The first-order valence-electron chi connectivity index (χ1n) is 7.17. The summed E-state index contributed by atoms with van der Waals surface area (Å²) < 4.78 is 39.8. The number of imide groups is 1. The number of rotatable bonds is 3. The number of urea groups is 1. The molecule has 2 heterocycles. The van der Waals surface area contributed by atoms with Crippen molar-refractivity contribution in [2.24, 2.45) is 0 Å². The molecule has 0 bridgehead atoms. The third-order valence-corrected chi connectivity index (χ3v) is 6.15. The summed E-state index contributed by atoms with van der Waals surface area (Å²) in [5, 5.41) is 2.42. The van der Waals surface area contributed by atoms with Gasteiger partial charge in [0.1, 0.15) is 5.82 Å². The summed E-state index contributed by atoms with van der Waals surface area (Å²) in [7, 11) is -3.79. The summed E-state index contributed by atoms with van der Waals surface area (Å²) in [6.45, 7) is 1.74. The standard InChI is InChI=1S/C14H16FN3O4S/c1-9-6-10(15)2-3-12(9)23(21,22)17-5-4-11(8-17)18-13(19)7-16-14(18)20/h2-3,6,11H,4-5,7-8H2,1H3,(H,16,20)/t11-/m0/s1.